The van der Waals surface area contributed by atoms with Crippen molar-refractivity contribution in [3.05, 3.63) is 32.8 Å². The second kappa shape index (κ2) is 6.17. The minimum absolute atomic E-state index is 0.0896. The predicted molar refractivity (Wildman–Crippen MR) is 79.4 cm³/mol. The molecule has 6 nitrogen and oxygen atoms in total. The molecule has 7 heteroatoms. The van der Waals surface area contributed by atoms with Crippen LogP contribution in [-0.4, -0.2) is 27.8 Å². The molecule has 1 aromatic rings. The lowest BCUT2D eigenvalue weighted by atomic mass is 9.85. The highest BCUT2D eigenvalue weighted by Crippen LogP contribution is 2.38. The number of aliphatic hydroxyl groups excluding tert-OH is 1. The number of aromatic hydroxyl groups is 1. The number of nitro benzene ring substituents is 1. The van der Waals surface area contributed by atoms with E-state index in [0.717, 1.165) is 25.3 Å². The summed E-state index contributed by atoms with van der Waals surface area (Å²) in [5.41, 5.74) is -0.197. The van der Waals surface area contributed by atoms with E-state index in [0.29, 0.717) is 5.56 Å². The van der Waals surface area contributed by atoms with Crippen LogP contribution in [0.2, 0.25) is 5.02 Å². The van der Waals surface area contributed by atoms with Gasteiger partial charge in [-0.2, -0.15) is 0 Å². The number of nitro groups is 1. The van der Waals surface area contributed by atoms with E-state index in [1.54, 1.807) is 0 Å². The van der Waals surface area contributed by atoms with Crippen molar-refractivity contribution < 1.29 is 15.1 Å². The fourth-order valence-electron chi connectivity index (χ4n) is 2.92. The molecule has 0 heterocycles. The summed E-state index contributed by atoms with van der Waals surface area (Å²) in [6, 6.07) is 2.76. The molecule has 1 saturated carbocycles. The number of aliphatic hydroxyl groups is 1. The second-order valence-electron chi connectivity index (χ2n) is 5.83. The maximum absolute atomic E-state index is 10.9. The first kappa shape index (κ1) is 16.0. The van der Waals surface area contributed by atoms with Crippen LogP contribution in [0.1, 0.15) is 31.7 Å². The molecule has 0 saturated heterocycles. The van der Waals surface area contributed by atoms with Gasteiger partial charge in [0.05, 0.1) is 4.92 Å². The van der Waals surface area contributed by atoms with Crippen LogP contribution >= 0.6 is 11.6 Å². The Morgan fingerprint density at radius 2 is 2.29 bits per heavy atom. The Kier molecular flexibility index (Phi) is 4.70. The van der Waals surface area contributed by atoms with E-state index in [4.69, 9.17) is 11.6 Å². The summed E-state index contributed by atoms with van der Waals surface area (Å²) in [5.74, 6) is -0.361. The molecule has 0 aliphatic heterocycles. The minimum atomic E-state index is -0.655. The number of rotatable bonds is 5. The zero-order valence-corrected chi connectivity index (χ0v) is 12.6. The molecule has 116 valence electrons. The molecule has 0 amide bonds. The maximum Gasteiger partial charge on any atom is 0.312 e. The monoisotopic (exact) mass is 314 g/mol. The Bertz CT molecular complexity index is 552. The van der Waals surface area contributed by atoms with Gasteiger partial charge in [0.25, 0.3) is 0 Å². The molecular weight excluding hydrogens is 296 g/mol. The van der Waals surface area contributed by atoms with Crippen LogP contribution in [0.15, 0.2) is 12.1 Å². The topological polar surface area (TPSA) is 95.6 Å². The molecular formula is C14H19ClN2O4. The average molecular weight is 315 g/mol. The van der Waals surface area contributed by atoms with Crippen LogP contribution in [0.25, 0.3) is 0 Å². The number of benzene rings is 1. The molecule has 0 spiro atoms. The quantitative estimate of drug-likeness (QED) is 0.573. The molecule has 21 heavy (non-hydrogen) atoms. The summed E-state index contributed by atoms with van der Waals surface area (Å²) >= 11 is 5.86. The smallest absolute Gasteiger partial charge is 0.312 e. The normalized spacial score (nSPS) is 25.2. The lowest BCUT2D eigenvalue weighted by Crippen LogP contribution is -2.41. The largest absolute Gasteiger partial charge is 0.502 e. The Morgan fingerprint density at radius 3 is 2.90 bits per heavy atom. The second-order valence-corrected chi connectivity index (χ2v) is 6.26. The highest BCUT2D eigenvalue weighted by atomic mass is 35.5. The molecule has 2 atom stereocenters. The van der Waals surface area contributed by atoms with E-state index in [1.807, 2.05) is 6.92 Å². The van der Waals surface area contributed by atoms with Crippen LogP contribution in [0.5, 0.6) is 5.75 Å². The van der Waals surface area contributed by atoms with E-state index in [-0.39, 0.29) is 35.4 Å². The van der Waals surface area contributed by atoms with E-state index >= 15 is 0 Å². The minimum Gasteiger partial charge on any atom is -0.502 e. The van der Waals surface area contributed by atoms with Crippen LogP contribution < -0.4 is 5.32 Å². The van der Waals surface area contributed by atoms with E-state index < -0.39 is 10.6 Å². The lowest BCUT2D eigenvalue weighted by Gasteiger charge is -2.30. The standard InChI is InChI=1S/C14H19ClN2O4/c1-14(8-18)4-2-3-12(14)16-7-9-5-10(15)6-11(13(9)19)17(20)21/h5-6,12,16,18-19H,2-4,7-8H2,1H3. The third-order valence-electron chi connectivity index (χ3n) is 4.31. The molecule has 0 aromatic heterocycles. The molecule has 1 fully saturated rings. The van der Waals surface area contributed by atoms with Crippen LogP contribution in [0, 0.1) is 15.5 Å². The molecule has 1 aliphatic rings. The molecule has 0 radical (unpaired) electrons. The average Bonchev–Trinajstić information content (AvgIpc) is 2.81. The Balaban J connectivity index is 2.15. The SMILES string of the molecule is CC1(CO)CCCC1NCc1cc(Cl)cc([N+](=O)[O-])c1O. The van der Waals surface area contributed by atoms with Crippen molar-refractivity contribution >= 4 is 17.3 Å². The summed E-state index contributed by atoms with van der Waals surface area (Å²) in [5, 5.41) is 33.8. The van der Waals surface area contributed by atoms with Crippen molar-refractivity contribution in [1.82, 2.24) is 5.32 Å². The third-order valence-corrected chi connectivity index (χ3v) is 4.53. The molecule has 1 aromatic carbocycles. The number of halogens is 1. The number of phenols is 1. The highest BCUT2D eigenvalue weighted by molar-refractivity contribution is 6.31. The van der Waals surface area contributed by atoms with Gasteiger partial charge in [0.1, 0.15) is 0 Å². The van der Waals surface area contributed by atoms with Crippen LogP contribution in [0.4, 0.5) is 5.69 Å². The molecule has 0 bridgehead atoms. The van der Waals surface area contributed by atoms with Gasteiger partial charge in [0, 0.05) is 41.3 Å². The summed E-state index contributed by atoms with van der Waals surface area (Å²) in [6.07, 6.45) is 2.89. The van der Waals surface area contributed by atoms with Crippen LogP contribution in [-0.2, 0) is 6.54 Å². The van der Waals surface area contributed by atoms with Gasteiger partial charge in [0.2, 0.25) is 0 Å². The first-order chi connectivity index (χ1) is 9.87. The van der Waals surface area contributed by atoms with Gasteiger partial charge in [0.15, 0.2) is 5.75 Å². The number of hydrogen-bond donors (Lipinski definition) is 3. The molecule has 3 N–H and O–H groups in total. The summed E-state index contributed by atoms with van der Waals surface area (Å²) in [7, 11) is 0. The predicted octanol–water partition coefficient (Wildman–Crippen LogP) is 2.59. The van der Waals surface area contributed by atoms with Gasteiger partial charge < -0.3 is 15.5 Å². The first-order valence-corrected chi connectivity index (χ1v) is 7.25. The first-order valence-electron chi connectivity index (χ1n) is 6.87. The zero-order valence-electron chi connectivity index (χ0n) is 11.8. The third kappa shape index (κ3) is 3.28. The number of hydrogen-bond acceptors (Lipinski definition) is 5. The number of nitrogens with one attached hydrogen (secondary N) is 1. The van der Waals surface area contributed by atoms with Crippen molar-refractivity contribution in [3.8, 4) is 5.75 Å². The van der Waals surface area contributed by atoms with E-state index in [9.17, 15) is 20.3 Å². The molecule has 1 aliphatic carbocycles. The number of phenolic OH excluding ortho intramolecular Hbond substituents is 1. The van der Waals surface area contributed by atoms with Crippen molar-refractivity contribution in [2.75, 3.05) is 6.61 Å². The van der Waals surface area contributed by atoms with Crippen molar-refractivity contribution in [1.29, 1.82) is 0 Å². The van der Waals surface area contributed by atoms with Crippen molar-refractivity contribution in [3.63, 3.8) is 0 Å². The van der Waals surface area contributed by atoms with Gasteiger partial charge >= 0.3 is 5.69 Å². The van der Waals surface area contributed by atoms with Gasteiger partial charge in [-0.3, -0.25) is 10.1 Å². The Hall–Kier alpha value is -1.37. The van der Waals surface area contributed by atoms with Gasteiger partial charge in [-0.25, -0.2) is 0 Å². The van der Waals surface area contributed by atoms with Crippen molar-refractivity contribution in [2.45, 2.75) is 38.8 Å². The van der Waals surface area contributed by atoms with E-state index in [2.05, 4.69) is 5.32 Å². The fourth-order valence-corrected chi connectivity index (χ4v) is 3.15. The van der Waals surface area contributed by atoms with Gasteiger partial charge in [-0.1, -0.05) is 24.9 Å². The maximum atomic E-state index is 10.9. The Labute approximate surface area is 127 Å². The summed E-state index contributed by atoms with van der Waals surface area (Å²) in [4.78, 5) is 10.2. The Morgan fingerprint density at radius 1 is 1.57 bits per heavy atom. The van der Waals surface area contributed by atoms with Crippen molar-refractivity contribution in [2.24, 2.45) is 5.41 Å². The van der Waals surface area contributed by atoms with Gasteiger partial charge in [-0.05, 0) is 18.9 Å². The zero-order chi connectivity index (χ0) is 15.6. The summed E-state index contributed by atoms with van der Waals surface area (Å²) < 4.78 is 0. The molecule has 2 rings (SSSR count). The number of nitrogens with zero attached hydrogens (tertiary/aromatic N) is 1. The van der Waals surface area contributed by atoms with Crippen LogP contribution in [0.3, 0.4) is 0 Å². The van der Waals surface area contributed by atoms with E-state index in [1.165, 1.54) is 6.07 Å². The highest BCUT2D eigenvalue weighted by Gasteiger charge is 2.38. The lowest BCUT2D eigenvalue weighted by molar-refractivity contribution is -0.385. The van der Waals surface area contributed by atoms with Gasteiger partial charge in [-0.15, -0.1) is 0 Å². The molecule has 2 unspecified atom stereocenters. The summed E-state index contributed by atoms with van der Waals surface area (Å²) in [6.45, 7) is 2.37. The fraction of sp³-hybridized carbons (Fsp3) is 0.571.